The van der Waals surface area contributed by atoms with E-state index < -0.39 is 0 Å². The molecular weight excluding hydrogens is 254 g/mol. The Morgan fingerprint density at radius 1 is 1.37 bits per heavy atom. The Labute approximate surface area is 122 Å². The molecule has 0 fully saturated rings. The molecule has 1 aromatic rings. The molecule has 0 saturated heterocycles. The SMILES string of the molecule is Cc1cc(NCC(C)(C)CN(C)C)ccc1C(N)=S. The molecule has 0 aliphatic rings. The van der Waals surface area contributed by atoms with Gasteiger partial charge >= 0.3 is 0 Å². The molecule has 19 heavy (non-hydrogen) atoms. The van der Waals surface area contributed by atoms with Gasteiger partial charge in [-0.1, -0.05) is 26.1 Å². The maximum atomic E-state index is 5.67. The van der Waals surface area contributed by atoms with Gasteiger partial charge in [-0.2, -0.15) is 0 Å². The second-order valence-electron chi connectivity index (χ2n) is 6.15. The molecule has 0 heterocycles. The first-order chi connectivity index (χ1) is 8.71. The molecular formula is C15H25N3S. The van der Waals surface area contributed by atoms with Crippen molar-refractivity contribution in [3.8, 4) is 0 Å². The molecule has 0 spiro atoms. The van der Waals surface area contributed by atoms with E-state index in [-0.39, 0.29) is 5.41 Å². The van der Waals surface area contributed by atoms with Gasteiger partial charge in [0.25, 0.3) is 0 Å². The van der Waals surface area contributed by atoms with E-state index >= 15 is 0 Å². The van der Waals surface area contributed by atoms with E-state index in [1.165, 1.54) is 0 Å². The molecule has 3 nitrogen and oxygen atoms in total. The van der Waals surface area contributed by atoms with Gasteiger partial charge in [0.1, 0.15) is 4.99 Å². The van der Waals surface area contributed by atoms with Crippen molar-refractivity contribution in [2.24, 2.45) is 11.1 Å². The van der Waals surface area contributed by atoms with E-state index in [1.807, 2.05) is 19.1 Å². The van der Waals surface area contributed by atoms with Crippen LogP contribution in [0.4, 0.5) is 5.69 Å². The molecule has 0 amide bonds. The van der Waals surface area contributed by atoms with Crippen LogP contribution in [-0.4, -0.2) is 37.1 Å². The Kier molecular flexibility index (Phi) is 5.32. The minimum Gasteiger partial charge on any atom is -0.389 e. The smallest absolute Gasteiger partial charge is 0.104 e. The third kappa shape index (κ3) is 5.17. The lowest BCUT2D eigenvalue weighted by Gasteiger charge is -2.29. The third-order valence-corrected chi connectivity index (χ3v) is 3.23. The summed E-state index contributed by atoms with van der Waals surface area (Å²) in [4.78, 5) is 2.67. The summed E-state index contributed by atoms with van der Waals surface area (Å²) in [5, 5.41) is 3.49. The van der Waals surface area contributed by atoms with Gasteiger partial charge in [-0.25, -0.2) is 0 Å². The first kappa shape index (κ1) is 15.9. The molecule has 0 bridgehead atoms. The number of rotatable bonds is 6. The summed E-state index contributed by atoms with van der Waals surface area (Å²) in [6.07, 6.45) is 0. The largest absolute Gasteiger partial charge is 0.389 e. The Morgan fingerprint density at radius 2 is 2.00 bits per heavy atom. The summed E-state index contributed by atoms with van der Waals surface area (Å²) in [5.74, 6) is 0. The Morgan fingerprint density at radius 3 is 2.47 bits per heavy atom. The maximum Gasteiger partial charge on any atom is 0.104 e. The van der Waals surface area contributed by atoms with E-state index in [0.29, 0.717) is 4.99 Å². The minimum atomic E-state index is 0.221. The molecule has 0 radical (unpaired) electrons. The van der Waals surface area contributed by atoms with Crippen LogP contribution in [0.15, 0.2) is 18.2 Å². The highest BCUT2D eigenvalue weighted by atomic mass is 32.1. The number of nitrogens with zero attached hydrogens (tertiary/aromatic N) is 1. The minimum absolute atomic E-state index is 0.221. The van der Waals surface area contributed by atoms with Crippen molar-refractivity contribution in [2.75, 3.05) is 32.5 Å². The third-order valence-electron chi connectivity index (χ3n) is 3.01. The predicted octanol–water partition coefficient (Wildman–Crippen LogP) is 2.63. The van der Waals surface area contributed by atoms with Crippen LogP contribution in [0.1, 0.15) is 25.0 Å². The quantitative estimate of drug-likeness (QED) is 0.786. The van der Waals surface area contributed by atoms with Gasteiger partial charge < -0.3 is 16.0 Å². The average Bonchev–Trinajstić information content (AvgIpc) is 2.24. The fraction of sp³-hybridized carbons (Fsp3) is 0.533. The number of hydrogen-bond acceptors (Lipinski definition) is 3. The van der Waals surface area contributed by atoms with Gasteiger partial charge in [-0.05, 0) is 50.2 Å². The summed E-state index contributed by atoms with van der Waals surface area (Å²) < 4.78 is 0. The lowest BCUT2D eigenvalue weighted by molar-refractivity contribution is 0.254. The van der Waals surface area contributed by atoms with Gasteiger partial charge in [0, 0.05) is 24.3 Å². The van der Waals surface area contributed by atoms with Gasteiger partial charge in [0.2, 0.25) is 0 Å². The first-order valence-corrected chi connectivity index (χ1v) is 6.91. The number of benzene rings is 1. The molecule has 3 N–H and O–H groups in total. The first-order valence-electron chi connectivity index (χ1n) is 6.50. The highest BCUT2D eigenvalue weighted by Gasteiger charge is 2.18. The monoisotopic (exact) mass is 279 g/mol. The lowest BCUT2D eigenvalue weighted by atomic mass is 9.93. The zero-order valence-corrected chi connectivity index (χ0v) is 13.4. The number of thiocarbonyl (C=S) groups is 1. The Bertz CT molecular complexity index is 453. The topological polar surface area (TPSA) is 41.3 Å². The van der Waals surface area contributed by atoms with E-state index in [4.69, 9.17) is 18.0 Å². The average molecular weight is 279 g/mol. The van der Waals surface area contributed by atoms with Gasteiger partial charge in [-0.15, -0.1) is 0 Å². The predicted molar refractivity (Wildman–Crippen MR) is 87.9 cm³/mol. The zero-order chi connectivity index (χ0) is 14.6. The summed E-state index contributed by atoms with van der Waals surface area (Å²) >= 11 is 5.02. The highest BCUT2D eigenvalue weighted by molar-refractivity contribution is 7.80. The molecule has 0 saturated carbocycles. The van der Waals surface area contributed by atoms with Crippen molar-refractivity contribution in [2.45, 2.75) is 20.8 Å². The number of hydrogen-bond donors (Lipinski definition) is 2. The fourth-order valence-electron chi connectivity index (χ4n) is 2.30. The molecule has 0 unspecified atom stereocenters. The van der Waals surface area contributed by atoms with E-state index in [2.05, 4.69) is 44.2 Å². The second kappa shape index (κ2) is 6.35. The number of nitrogens with one attached hydrogen (secondary N) is 1. The van der Waals surface area contributed by atoms with Crippen LogP contribution in [0.5, 0.6) is 0 Å². The van der Waals surface area contributed by atoms with Crippen molar-refractivity contribution >= 4 is 22.9 Å². The number of anilines is 1. The van der Waals surface area contributed by atoms with E-state index in [1.54, 1.807) is 0 Å². The fourth-order valence-corrected chi connectivity index (χ4v) is 2.53. The number of aryl methyl sites for hydroxylation is 1. The van der Waals surface area contributed by atoms with Crippen molar-refractivity contribution in [3.05, 3.63) is 29.3 Å². The van der Waals surface area contributed by atoms with Crippen LogP contribution in [0.2, 0.25) is 0 Å². The Hall–Kier alpha value is -1.13. The van der Waals surface area contributed by atoms with Crippen LogP contribution in [0.25, 0.3) is 0 Å². The molecule has 0 aromatic heterocycles. The van der Waals surface area contributed by atoms with Gasteiger partial charge in [0.05, 0.1) is 0 Å². The highest BCUT2D eigenvalue weighted by Crippen LogP contribution is 2.20. The number of nitrogens with two attached hydrogens (primary N) is 1. The molecule has 0 aliphatic carbocycles. The summed E-state index contributed by atoms with van der Waals surface area (Å²) in [6.45, 7) is 8.53. The molecule has 1 aromatic carbocycles. The molecule has 1 rings (SSSR count). The molecule has 4 heteroatoms. The summed E-state index contributed by atoms with van der Waals surface area (Å²) in [6, 6.07) is 6.12. The van der Waals surface area contributed by atoms with Crippen molar-refractivity contribution < 1.29 is 0 Å². The normalized spacial score (nSPS) is 11.7. The van der Waals surface area contributed by atoms with Gasteiger partial charge in [-0.3, -0.25) is 0 Å². The van der Waals surface area contributed by atoms with Gasteiger partial charge in [0.15, 0.2) is 0 Å². The standard InChI is InChI=1S/C15H25N3S/c1-11-8-12(6-7-13(11)14(16)19)17-9-15(2,3)10-18(4)5/h6-8,17H,9-10H2,1-5H3,(H2,16,19). The van der Waals surface area contributed by atoms with E-state index in [9.17, 15) is 0 Å². The maximum absolute atomic E-state index is 5.67. The summed E-state index contributed by atoms with van der Waals surface area (Å²) in [5.41, 5.74) is 9.07. The lowest BCUT2D eigenvalue weighted by Crippen LogP contribution is -2.34. The van der Waals surface area contributed by atoms with Crippen molar-refractivity contribution in [1.82, 2.24) is 4.90 Å². The summed E-state index contributed by atoms with van der Waals surface area (Å²) in [7, 11) is 4.20. The Balaban J connectivity index is 2.69. The second-order valence-corrected chi connectivity index (χ2v) is 6.59. The van der Waals surface area contributed by atoms with E-state index in [0.717, 1.165) is 29.9 Å². The van der Waals surface area contributed by atoms with Crippen LogP contribution >= 0.6 is 12.2 Å². The van der Waals surface area contributed by atoms with Crippen LogP contribution in [0.3, 0.4) is 0 Å². The molecule has 106 valence electrons. The van der Waals surface area contributed by atoms with Crippen LogP contribution in [0, 0.1) is 12.3 Å². The zero-order valence-electron chi connectivity index (χ0n) is 12.6. The van der Waals surface area contributed by atoms with Crippen LogP contribution < -0.4 is 11.1 Å². The molecule has 0 atom stereocenters. The van der Waals surface area contributed by atoms with Crippen LogP contribution in [-0.2, 0) is 0 Å². The van der Waals surface area contributed by atoms with Crippen molar-refractivity contribution in [1.29, 1.82) is 0 Å². The van der Waals surface area contributed by atoms with Crippen molar-refractivity contribution in [3.63, 3.8) is 0 Å². The molecule has 0 aliphatic heterocycles.